The Labute approximate surface area is 130 Å². The lowest BCUT2D eigenvalue weighted by Crippen LogP contribution is -2.08. The van der Waals surface area contributed by atoms with Crippen molar-refractivity contribution in [3.8, 4) is 0 Å². The fourth-order valence-electron chi connectivity index (χ4n) is 2.69. The second-order valence-electron chi connectivity index (χ2n) is 5.36. The molecule has 4 nitrogen and oxygen atoms in total. The van der Waals surface area contributed by atoms with Crippen LogP contribution in [0.2, 0.25) is 0 Å². The zero-order valence-corrected chi connectivity index (χ0v) is 13.4. The Morgan fingerprint density at radius 3 is 2.23 bits per heavy atom. The van der Waals surface area contributed by atoms with Gasteiger partial charge in [-0.05, 0) is 46.9 Å². The van der Waals surface area contributed by atoms with Gasteiger partial charge in [0, 0.05) is 0 Å². The third-order valence-corrected chi connectivity index (χ3v) is 3.95. The highest BCUT2D eigenvalue weighted by Crippen LogP contribution is 2.27. The number of carbonyl (C=O) groups is 2. The van der Waals surface area contributed by atoms with Crippen molar-refractivity contribution < 1.29 is 19.1 Å². The summed E-state index contributed by atoms with van der Waals surface area (Å²) in [6.07, 6.45) is 0.530. The molecule has 116 valence electrons. The van der Waals surface area contributed by atoms with Crippen molar-refractivity contribution in [1.29, 1.82) is 0 Å². The van der Waals surface area contributed by atoms with Gasteiger partial charge < -0.3 is 9.47 Å². The molecule has 0 fully saturated rings. The van der Waals surface area contributed by atoms with Gasteiger partial charge in [-0.25, -0.2) is 0 Å². The molecule has 2 rings (SSSR count). The van der Waals surface area contributed by atoms with Crippen LogP contribution in [0.25, 0.3) is 10.8 Å². The van der Waals surface area contributed by atoms with E-state index in [1.165, 1.54) is 14.2 Å². The third-order valence-electron chi connectivity index (χ3n) is 3.95. The summed E-state index contributed by atoms with van der Waals surface area (Å²) < 4.78 is 9.46. The van der Waals surface area contributed by atoms with Crippen molar-refractivity contribution in [3.05, 3.63) is 46.5 Å². The van der Waals surface area contributed by atoms with Crippen LogP contribution in [0.1, 0.15) is 22.3 Å². The Hall–Kier alpha value is -2.36. The molecule has 2 aromatic rings. The van der Waals surface area contributed by atoms with Gasteiger partial charge in [-0.3, -0.25) is 9.59 Å². The predicted octanol–water partition coefficient (Wildman–Crippen LogP) is 2.89. The molecule has 0 spiro atoms. The summed E-state index contributed by atoms with van der Waals surface area (Å²) in [6.45, 7) is 3.99. The molecular weight excluding hydrogens is 280 g/mol. The lowest BCUT2D eigenvalue weighted by Gasteiger charge is -2.13. The van der Waals surface area contributed by atoms with E-state index in [1.54, 1.807) is 0 Å². The molecule has 0 saturated carbocycles. The number of carbonyl (C=O) groups excluding carboxylic acids is 2. The van der Waals surface area contributed by atoms with Gasteiger partial charge in [-0.15, -0.1) is 0 Å². The Bertz CT molecular complexity index is 731. The smallest absolute Gasteiger partial charge is 0.309 e. The molecule has 0 bridgehead atoms. The highest BCUT2D eigenvalue weighted by Gasteiger charge is 2.13. The van der Waals surface area contributed by atoms with Crippen molar-refractivity contribution >= 4 is 22.7 Å². The lowest BCUT2D eigenvalue weighted by atomic mass is 9.92. The standard InChI is InChI=1S/C18H20O4/c1-11-7-14-8-13(9-17(19)21-3)5-6-15(14)12(2)16(11)10-18(20)22-4/h5-8H,9-10H2,1-4H3. The molecule has 0 aliphatic heterocycles. The number of fused-ring (bicyclic) bond motifs is 1. The third kappa shape index (κ3) is 3.27. The normalized spacial score (nSPS) is 10.5. The van der Waals surface area contributed by atoms with Crippen LogP contribution in [0, 0.1) is 13.8 Å². The van der Waals surface area contributed by atoms with Gasteiger partial charge in [0.05, 0.1) is 27.1 Å². The number of ether oxygens (including phenoxy) is 2. The molecule has 0 aliphatic carbocycles. The monoisotopic (exact) mass is 300 g/mol. The van der Waals surface area contributed by atoms with Crippen LogP contribution in [-0.4, -0.2) is 26.2 Å². The van der Waals surface area contributed by atoms with E-state index in [-0.39, 0.29) is 24.8 Å². The van der Waals surface area contributed by atoms with Crippen LogP contribution in [0.3, 0.4) is 0 Å². The van der Waals surface area contributed by atoms with E-state index in [0.717, 1.165) is 33.0 Å². The number of methoxy groups -OCH3 is 2. The van der Waals surface area contributed by atoms with E-state index in [1.807, 2.05) is 38.1 Å². The first-order valence-corrected chi connectivity index (χ1v) is 7.11. The molecular formula is C18H20O4. The molecule has 0 aliphatic rings. The molecule has 0 unspecified atom stereocenters. The van der Waals surface area contributed by atoms with Crippen LogP contribution < -0.4 is 0 Å². The van der Waals surface area contributed by atoms with Crippen LogP contribution in [0.4, 0.5) is 0 Å². The van der Waals surface area contributed by atoms with Gasteiger partial charge in [-0.2, -0.15) is 0 Å². The molecule has 0 radical (unpaired) electrons. The molecule has 4 heteroatoms. The molecule has 0 N–H and O–H groups in total. The number of esters is 2. The summed E-state index contributed by atoms with van der Waals surface area (Å²) in [6, 6.07) is 7.95. The fraction of sp³-hybridized carbons (Fsp3) is 0.333. The topological polar surface area (TPSA) is 52.6 Å². The van der Waals surface area contributed by atoms with Gasteiger partial charge in [-0.1, -0.05) is 24.3 Å². The average Bonchev–Trinajstić information content (AvgIpc) is 2.50. The first kappa shape index (κ1) is 16.0. The first-order chi connectivity index (χ1) is 10.5. The summed E-state index contributed by atoms with van der Waals surface area (Å²) in [5.41, 5.74) is 4.04. The number of hydrogen-bond donors (Lipinski definition) is 0. The van der Waals surface area contributed by atoms with E-state index < -0.39 is 0 Å². The van der Waals surface area contributed by atoms with Crippen molar-refractivity contribution in [2.45, 2.75) is 26.7 Å². The average molecular weight is 300 g/mol. The van der Waals surface area contributed by atoms with Gasteiger partial charge >= 0.3 is 11.9 Å². The lowest BCUT2D eigenvalue weighted by molar-refractivity contribution is -0.140. The quantitative estimate of drug-likeness (QED) is 0.815. The largest absolute Gasteiger partial charge is 0.469 e. The fourth-order valence-corrected chi connectivity index (χ4v) is 2.69. The van der Waals surface area contributed by atoms with Crippen molar-refractivity contribution in [2.75, 3.05) is 14.2 Å². The van der Waals surface area contributed by atoms with Gasteiger partial charge in [0.25, 0.3) is 0 Å². The Morgan fingerprint density at radius 1 is 0.955 bits per heavy atom. The van der Waals surface area contributed by atoms with Crippen molar-refractivity contribution in [1.82, 2.24) is 0 Å². The minimum Gasteiger partial charge on any atom is -0.469 e. The summed E-state index contributed by atoms with van der Waals surface area (Å²) in [7, 11) is 2.78. The minimum absolute atomic E-state index is 0.243. The summed E-state index contributed by atoms with van der Waals surface area (Å²) in [5, 5.41) is 2.14. The number of rotatable bonds is 4. The first-order valence-electron chi connectivity index (χ1n) is 7.11. The molecule has 0 aromatic heterocycles. The van der Waals surface area contributed by atoms with Crippen LogP contribution in [-0.2, 0) is 31.9 Å². The van der Waals surface area contributed by atoms with E-state index in [2.05, 4.69) is 0 Å². The van der Waals surface area contributed by atoms with Crippen LogP contribution in [0.15, 0.2) is 24.3 Å². The summed E-state index contributed by atoms with van der Waals surface area (Å²) in [4.78, 5) is 22.9. The van der Waals surface area contributed by atoms with Gasteiger partial charge in [0.15, 0.2) is 0 Å². The van der Waals surface area contributed by atoms with E-state index in [9.17, 15) is 9.59 Å². The molecule has 0 amide bonds. The SMILES string of the molecule is COC(=O)Cc1ccc2c(C)c(CC(=O)OC)c(C)cc2c1. The molecule has 0 atom stereocenters. The number of benzene rings is 2. The molecule has 0 heterocycles. The number of aryl methyl sites for hydroxylation is 2. The number of hydrogen-bond acceptors (Lipinski definition) is 4. The van der Waals surface area contributed by atoms with E-state index in [4.69, 9.17) is 9.47 Å². The van der Waals surface area contributed by atoms with Gasteiger partial charge in [0.2, 0.25) is 0 Å². The molecule has 2 aromatic carbocycles. The summed E-state index contributed by atoms with van der Waals surface area (Å²) >= 11 is 0. The van der Waals surface area contributed by atoms with E-state index in [0.29, 0.717) is 0 Å². The Balaban J connectivity index is 2.46. The van der Waals surface area contributed by atoms with Gasteiger partial charge in [0.1, 0.15) is 0 Å². The van der Waals surface area contributed by atoms with E-state index >= 15 is 0 Å². The maximum absolute atomic E-state index is 11.6. The second kappa shape index (κ2) is 6.60. The highest BCUT2D eigenvalue weighted by atomic mass is 16.5. The predicted molar refractivity (Wildman–Crippen MR) is 84.9 cm³/mol. The summed E-state index contributed by atoms with van der Waals surface area (Å²) in [5.74, 6) is -0.497. The molecule has 0 saturated heterocycles. The zero-order chi connectivity index (χ0) is 16.3. The second-order valence-corrected chi connectivity index (χ2v) is 5.36. The van der Waals surface area contributed by atoms with Crippen molar-refractivity contribution in [2.24, 2.45) is 0 Å². The van der Waals surface area contributed by atoms with Crippen molar-refractivity contribution in [3.63, 3.8) is 0 Å². The Morgan fingerprint density at radius 2 is 1.59 bits per heavy atom. The maximum Gasteiger partial charge on any atom is 0.309 e. The van der Waals surface area contributed by atoms with Crippen LogP contribution >= 0.6 is 0 Å². The highest BCUT2D eigenvalue weighted by molar-refractivity contribution is 5.90. The minimum atomic E-state index is -0.255. The maximum atomic E-state index is 11.6. The zero-order valence-electron chi connectivity index (χ0n) is 13.4. The Kier molecular flexibility index (Phi) is 4.81. The van der Waals surface area contributed by atoms with Crippen LogP contribution in [0.5, 0.6) is 0 Å². The molecule has 22 heavy (non-hydrogen) atoms.